The van der Waals surface area contributed by atoms with Crippen LogP contribution in [-0.2, 0) is 16.6 Å². The van der Waals surface area contributed by atoms with Gasteiger partial charge in [-0.3, -0.25) is 0 Å². The van der Waals surface area contributed by atoms with Crippen molar-refractivity contribution in [1.82, 2.24) is 4.72 Å². The largest absolute Gasteiger partial charge is 0.274 e. The fourth-order valence-electron chi connectivity index (χ4n) is 1.41. The van der Waals surface area contributed by atoms with Crippen molar-refractivity contribution in [2.24, 2.45) is 5.14 Å². The number of nitrogens with two attached hydrogens (primary N) is 1. The van der Waals surface area contributed by atoms with E-state index < -0.39 is 10.2 Å². The molecular formula is C11H17N2O2S. The van der Waals surface area contributed by atoms with Crippen molar-refractivity contribution in [1.29, 1.82) is 0 Å². The van der Waals surface area contributed by atoms with Gasteiger partial charge in [0.25, 0.3) is 10.2 Å². The van der Waals surface area contributed by atoms with Crippen LogP contribution >= 0.6 is 0 Å². The van der Waals surface area contributed by atoms with Gasteiger partial charge >= 0.3 is 0 Å². The lowest BCUT2D eigenvalue weighted by Crippen LogP contribution is -2.42. The molecule has 0 saturated carbocycles. The minimum absolute atomic E-state index is 0.252. The summed E-state index contributed by atoms with van der Waals surface area (Å²) in [5.41, 5.74) is 1.07. The normalized spacial score (nSPS) is 14.0. The molecule has 0 bridgehead atoms. The van der Waals surface area contributed by atoms with Gasteiger partial charge in [0.2, 0.25) is 0 Å². The summed E-state index contributed by atoms with van der Waals surface area (Å²) in [5, 5.41) is 4.98. The molecule has 16 heavy (non-hydrogen) atoms. The van der Waals surface area contributed by atoms with E-state index in [2.05, 4.69) is 4.72 Å². The smallest absolute Gasteiger partial charge is 0.216 e. The van der Waals surface area contributed by atoms with E-state index in [0.29, 0.717) is 6.42 Å². The highest BCUT2D eigenvalue weighted by atomic mass is 32.2. The maximum Gasteiger partial charge on any atom is 0.274 e. The van der Waals surface area contributed by atoms with Crippen LogP contribution in [-0.4, -0.2) is 14.5 Å². The second kappa shape index (κ2) is 5.43. The van der Waals surface area contributed by atoms with Crippen LogP contribution in [0.25, 0.3) is 0 Å². The highest BCUT2D eigenvalue weighted by molar-refractivity contribution is 7.87. The highest BCUT2D eigenvalue weighted by Gasteiger charge is 2.18. The van der Waals surface area contributed by atoms with E-state index in [1.165, 1.54) is 0 Å². The molecule has 0 aliphatic heterocycles. The second-order valence-corrected chi connectivity index (χ2v) is 5.31. The summed E-state index contributed by atoms with van der Waals surface area (Å²) in [7, 11) is -3.66. The zero-order valence-corrected chi connectivity index (χ0v) is 10.3. The van der Waals surface area contributed by atoms with E-state index in [1.807, 2.05) is 44.2 Å². The fourth-order valence-corrected chi connectivity index (χ4v) is 2.13. The van der Waals surface area contributed by atoms with Crippen LogP contribution in [0, 0.1) is 5.92 Å². The van der Waals surface area contributed by atoms with Crippen LogP contribution in [0.2, 0.25) is 0 Å². The average Bonchev–Trinajstić information content (AvgIpc) is 2.16. The van der Waals surface area contributed by atoms with Gasteiger partial charge in [0, 0.05) is 6.04 Å². The minimum Gasteiger partial charge on any atom is -0.216 e. The Hall–Kier alpha value is -0.910. The lowest BCUT2D eigenvalue weighted by molar-refractivity contribution is 0.551. The van der Waals surface area contributed by atoms with E-state index in [0.717, 1.165) is 11.5 Å². The van der Waals surface area contributed by atoms with Gasteiger partial charge in [-0.2, -0.15) is 13.1 Å². The number of hydrogen-bond donors (Lipinski definition) is 2. The van der Waals surface area contributed by atoms with Crippen molar-refractivity contribution in [3.8, 4) is 0 Å². The summed E-state index contributed by atoms with van der Waals surface area (Å²) in [6, 6.07) is 9.44. The molecule has 0 aliphatic carbocycles. The molecule has 0 amide bonds. The summed E-state index contributed by atoms with van der Waals surface area (Å²) in [4.78, 5) is 0. The molecule has 4 nitrogen and oxygen atoms in total. The quantitative estimate of drug-likeness (QED) is 0.807. The molecule has 1 aromatic carbocycles. The van der Waals surface area contributed by atoms with Crippen molar-refractivity contribution in [2.75, 3.05) is 0 Å². The molecule has 1 unspecified atom stereocenters. The molecule has 89 valence electrons. The van der Waals surface area contributed by atoms with E-state index in [-0.39, 0.29) is 6.04 Å². The van der Waals surface area contributed by atoms with E-state index in [9.17, 15) is 8.42 Å². The first kappa shape index (κ1) is 13.2. The van der Waals surface area contributed by atoms with E-state index >= 15 is 0 Å². The van der Waals surface area contributed by atoms with Crippen LogP contribution in [0.1, 0.15) is 19.4 Å². The molecule has 1 rings (SSSR count). The molecule has 0 fully saturated rings. The Balaban J connectivity index is 2.73. The van der Waals surface area contributed by atoms with Gasteiger partial charge in [0.15, 0.2) is 0 Å². The van der Waals surface area contributed by atoms with Gasteiger partial charge in [-0.05, 0) is 17.9 Å². The molecule has 0 heterocycles. The molecule has 3 N–H and O–H groups in total. The van der Waals surface area contributed by atoms with Crippen molar-refractivity contribution >= 4 is 10.2 Å². The first-order valence-electron chi connectivity index (χ1n) is 5.02. The minimum atomic E-state index is -3.66. The maximum absolute atomic E-state index is 11.0. The van der Waals surface area contributed by atoms with Gasteiger partial charge < -0.3 is 0 Å². The zero-order chi connectivity index (χ0) is 12.2. The van der Waals surface area contributed by atoms with Gasteiger partial charge in [0.1, 0.15) is 0 Å². The highest BCUT2D eigenvalue weighted by Crippen LogP contribution is 2.12. The van der Waals surface area contributed by atoms with Crippen LogP contribution in [0.5, 0.6) is 0 Å². The predicted octanol–water partition coefficient (Wildman–Crippen LogP) is 1.01. The third kappa shape index (κ3) is 4.74. The number of rotatable bonds is 5. The van der Waals surface area contributed by atoms with Gasteiger partial charge in [-0.25, -0.2) is 5.14 Å². The monoisotopic (exact) mass is 241 g/mol. The van der Waals surface area contributed by atoms with Gasteiger partial charge in [0.05, 0.1) is 0 Å². The van der Waals surface area contributed by atoms with Gasteiger partial charge in [-0.15, -0.1) is 0 Å². The topological polar surface area (TPSA) is 72.2 Å². The fraction of sp³-hybridized carbons (Fsp3) is 0.364. The van der Waals surface area contributed by atoms with Crippen molar-refractivity contribution in [3.63, 3.8) is 0 Å². The van der Waals surface area contributed by atoms with Crippen molar-refractivity contribution in [2.45, 2.75) is 26.3 Å². The average molecular weight is 241 g/mol. The molecule has 0 saturated heterocycles. The molecule has 5 heteroatoms. The third-order valence-corrected chi connectivity index (χ3v) is 2.90. The third-order valence-electron chi connectivity index (χ3n) is 2.29. The van der Waals surface area contributed by atoms with Gasteiger partial charge in [-0.1, -0.05) is 44.2 Å². The standard InChI is InChI=1S/C11H17N2O2S/c1-9(2)11(13-16(12,14)15)8-10-6-4-3-5-7-10/h3-7,11,13H,8H2,1-2H3,(H2,12,14,15). The summed E-state index contributed by atoms with van der Waals surface area (Å²) in [6.45, 7) is 3.76. The SMILES string of the molecule is C[C](C)C(Cc1ccccc1)NS(N)(=O)=O. The molecule has 1 radical (unpaired) electrons. The van der Waals surface area contributed by atoms with E-state index in [4.69, 9.17) is 5.14 Å². The number of nitrogens with one attached hydrogen (secondary N) is 1. The van der Waals surface area contributed by atoms with Crippen LogP contribution < -0.4 is 9.86 Å². The first-order valence-corrected chi connectivity index (χ1v) is 6.57. The molecular weight excluding hydrogens is 224 g/mol. The summed E-state index contributed by atoms with van der Waals surface area (Å²) >= 11 is 0. The molecule has 0 aromatic heterocycles. The zero-order valence-electron chi connectivity index (χ0n) is 9.47. The summed E-state index contributed by atoms with van der Waals surface area (Å²) in [6.07, 6.45) is 0.611. The van der Waals surface area contributed by atoms with Crippen LogP contribution in [0.15, 0.2) is 30.3 Å². The Kier molecular flexibility index (Phi) is 4.46. The Morgan fingerprint density at radius 2 is 1.88 bits per heavy atom. The number of benzene rings is 1. The summed E-state index contributed by atoms with van der Waals surface area (Å²) < 4.78 is 24.4. The lowest BCUT2D eigenvalue weighted by Gasteiger charge is -2.20. The molecule has 1 aromatic rings. The maximum atomic E-state index is 11.0. The first-order chi connectivity index (χ1) is 7.38. The Bertz CT molecular complexity index is 415. The molecule has 0 spiro atoms. The Labute approximate surface area is 97.0 Å². The lowest BCUT2D eigenvalue weighted by atomic mass is 9.97. The Morgan fingerprint density at radius 1 is 1.31 bits per heavy atom. The second-order valence-electron chi connectivity index (χ2n) is 3.98. The Morgan fingerprint density at radius 3 is 2.31 bits per heavy atom. The summed E-state index contributed by atoms with van der Waals surface area (Å²) in [5.74, 6) is 0.984. The van der Waals surface area contributed by atoms with Crippen LogP contribution in [0.4, 0.5) is 0 Å². The van der Waals surface area contributed by atoms with Crippen LogP contribution in [0.3, 0.4) is 0 Å². The number of hydrogen-bond acceptors (Lipinski definition) is 2. The van der Waals surface area contributed by atoms with Crippen molar-refractivity contribution < 1.29 is 8.42 Å². The molecule has 1 atom stereocenters. The molecule has 0 aliphatic rings. The van der Waals surface area contributed by atoms with E-state index in [1.54, 1.807) is 0 Å². The van der Waals surface area contributed by atoms with Crippen molar-refractivity contribution in [3.05, 3.63) is 41.8 Å². The predicted molar refractivity (Wildman–Crippen MR) is 64.8 cm³/mol.